The van der Waals surface area contributed by atoms with Gasteiger partial charge in [-0.05, 0) is 12.8 Å². The van der Waals surface area contributed by atoms with Gasteiger partial charge in [-0.1, -0.05) is 19.8 Å². The van der Waals surface area contributed by atoms with Crippen LogP contribution in [0.25, 0.3) is 0 Å². The molecule has 0 spiro atoms. The minimum absolute atomic E-state index is 0.920. The van der Waals surface area contributed by atoms with Crippen molar-refractivity contribution in [3.05, 3.63) is 12.4 Å². The number of nitrogens with zero attached hydrogens (tertiary/aromatic N) is 2. The van der Waals surface area contributed by atoms with Gasteiger partial charge >= 0.3 is 0 Å². The molecule has 0 bridgehead atoms. The third-order valence-corrected chi connectivity index (χ3v) is 2.87. The molecule has 74 valence electrons. The second-order valence-corrected chi connectivity index (χ2v) is 4.03. The summed E-state index contributed by atoms with van der Waals surface area (Å²) >= 11 is 0. The van der Waals surface area contributed by atoms with Crippen molar-refractivity contribution in [1.82, 2.24) is 0 Å². The molecule has 0 aromatic rings. The van der Waals surface area contributed by atoms with Crippen LogP contribution in [-0.4, -0.2) is 23.9 Å². The molecule has 0 aromatic heterocycles. The number of hydrogen-bond acceptors (Lipinski definition) is 1. The van der Waals surface area contributed by atoms with Gasteiger partial charge in [-0.3, -0.25) is 4.48 Å². The molecule has 0 amide bonds. The second-order valence-electron chi connectivity index (χ2n) is 4.03. The maximum absolute atomic E-state index is 4.30. The molecule has 1 atom stereocenters. The number of quaternary nitrogens is 1. The molecule has 1 aliphatic rings. The van der Waals surface area contributed by atoms with Gasteiger partial charge in [-0.25, -0.2) is 4.99 Å². The normalized spacial score (nSPS) is 26.5. The van der Waals surface area contributed by atoms with Crippen LogP contribution in [0.4, 0.5) is 0 Å². The Hall–Kier alpha value is -0.630. The van der Waals surface area contributed by atoms with Crippen molar-refractivity contribution < 1.29 is 4.48 Å². The van der Waals surface area contributed by atoms with E-state index in [0.29, 0.717) is 0 Å². The van der Waals surface area contributed by atoms with E-state index >= 15 is 0 Å². The van der Waals surface area contributed by atoms with Gasteiger partial charge in [-0.2, -0.15) is 0 Å². The summed E-state index contributed by atoms with van der Waals surface area (Å²) in [5.41, 5.74) is 0. The molecule has 0 aromatic carbocycles. The minimum Gasteiger partial charge on any atom is -0.254 e. The first-order valence-corrected chi connectivity index (χ1v) is 5.27. The molecule has 0 radical (unpaired) electrons. The van der Waals surface area contributed by atoms with Crippen LogP contribution in [0.2, 0.25) is 0 Å². The van der Waals surface area contributed by atoms with Crippen LogP contribution >= 0.6 is 0 Å². The first-order valence-electron chi connectivity index (χ1n) is 5.27. The van der Waals surface area contributed by atoms with Crippen LogP contribution in [0.3, 0.4) is 0 Å². The summed E-state index contributed by atoms with van der Waals surface area (Å²) in [4.78, 5) is 4.30. The molecule has 0 saturated carbocycles. The van der Waals surface area contributed by atoms with Gasteiger partial charge in [0, 0.05) is 6.92 Å². The van der Waals surface area contributed by atoms with Crippen molar-refractivity contribution >= 4 is 5.84 Å². The van der Waals surface area contributed by atoms with E-state index in [1.54, 1.807) is 0 Å². The first kappa shape index (κ1) is 10.5. The highest BCUT2D eigenvalue weighted by molar-refractivity contribution is 5.75. The van der Waals surface area contributed by atoms with Crippen LogP contribution in [0.5, 0.6) is 0 Å². The Morgan fingerprint density at radius 1 is 1.31 bits per heavy atom. The summed E-state index contributed by atoms with van der Waals surface area (Å²) < 4.78 is 0.920. The highest BCUT2D eigenvalue weighted by atomic mass is 15.4. The summed E-state index contributed by atoms with van der Waals surface area (Å²) in [7, 11) is 2.23. The van der Waals surface area contributed by atoms with E-state index in [9.17, 15) is 0 Å². The number of rotatable bonds is 5. The molecular weight excluding hydrogens is 160 g/mol. The lowest BCUT2D eigenvalue weighted by Crippen LogP contribution is -2.41. The molecule has 1 heterocycles. The standard InChI is InChI=1S/C11H21N2/c1-4-5-6-7-9-13(3)10-8-12-11(13)2/h8,10H,4-7,9H2,1-3H3/q+1. The zero-order chi connectivity index (χ0) is 9.73. The SMILES string of the molecule is CCCCCC[N+]1(C)C=CN=C1C. The van der Waals surface area contributed by atoms with Gasteiger partial charge < -0.3 is 0 Å². The van der Waals surface area contributed by atoms with Crippen LogP contribution in [0.1, 0.15) is 39.5 Å². The van der Waals surface area contributed by atoms with Gasteiger partial charge in [0.1, 0.15) is 6.20 Å². The predicted molar refractivity (Wildman–Crippen MR) is 57.4 cm³/mol. The summed E-state index contributed by atoms with van der Waals surface area (Å²) in [6, 6.07) is 0. The Morgan fingerprint density at radius 3 is 2.62 bits per heavy atom. The molecule has 0 aliphatic carbocycles. The largest absolute Gasteiger partial charge is 0.254 e. The minimum atomic E-state index is 0.920. The molecule has 1 unspecified atom stereocenters. The fourth-order valence-corrected chi connectivity index (χ4v) is 1.63. The van der Waals surface area contributed by atoms with Crippen molar-refractivity contribution in [1.29, 1.82) is 0 Å². The first-order chi connectivity index (χ1) is 6.19. The van der Waals surface area contributed by atoms with Crippen molar-refractivity contribution in [3.63, 3.8) is 0 Å². The average Bonchev–Trinajstić information content (AvgIpc) is 2.42. The summed E-state index contributed by atoms with van der Waals surface area (Å²) in [6.45, 7) is 5.56. The monoisotopic (exact) mass is 181 g/mol. The van der Waals surface area contributed by atoms with Crippen LogP contribution < -0.4 is 0 Å². The van der Waals surface area contributed by atoms with E-state index in [4.69, 9.17) is 0 Å². The number of aliphatic imine (C=N–C) groups is 1. The smallest absolute Gasteiger partial charge is 0.204 e. The Morgan fingerprint density at radius 2 is 2.08 bits per heavy atom. The van der Waals surface area contributed by atoms with Gasteiger partial charge in [-0.15, -0.1) is 0 Å². The van der Waals surface area contributed by atoms with Crippen LogP contribution in [0.15, 0.2) is 17.4 Å². The van der Waals surface area contributed by atoms with Crippen molar-refractivity contribution in [2.45, 2.75) is 39.5 Å². The van der Waals surface area contributed by atoms with Gasteiger partial charge in [0.25, 0.3) is 0 Å². The van der Waals surface area contributed by atoms with E-state index < -0.39 is 0 Å². The lowest BCUT2D eigenvalue weighted by Gasteiger charge is -2.25. The lowest BCUT2D eigenvalue weighted by molar-refractivity contribution is -0.764. The zero-order valence-electron chi connectivity index (χ0n) is 9.08. The average molecular weight is 181 g/mol. The molecular formula is C11H21N2+. The molecule has 1 aliphatic heterocycles. The highest BCUT2D eigenvalue weighted by Crippen LogP contribution is 2.15. The van der Waals surface area contributed by atoms with Gasteiger partial charge in [0.2, 0.25) is 5.84 Å². The zero-order valence-corrected chi connectivity index (χ0v) is 9.08. The highest BCUT2D eigenvalue weighted by Gasteiger charge is 2.25. The predicted octanol–water partition coefficient (Wildman–Crippen LogP) is 2.92. The topological polar surface area (TPSA) is 12.4 Å². The van der Waals surface area contributed by atoms with Gasteiger partial charge in [0.05, 0.1) is 19.8 Å². The third kappa shape index (κ3) is 2.66. The Bertz CT molecular complexity index is 218. The van der Waals surface area contributed by atoms with Gasteiger partial charge in [0.15, 0.2) is 0 Å². The number of hydrogen-bond donors (Lipinski definition) is 0. The summed E-state index contributed by atoms with van der Waals surface area (Å²) in [5.74, 6) is 1.22. The summed E-state index contributed by atoms with van der Waals surface area (Å²) in [6.07, 6.45) is 9.44. The lowest BCUT2D eigenvalue weighted by atomic mass is 10.2. The third-order valence-electron chi connectivity index (χ3n) is 2.87. The molecule has 1 rings (SSSR count). The van der Waals surface area contributed by atoms with Crippen molar-refractivity contribution in [2.24, 2.45) is 4.99 Å². The molecule has 13 heavy (non-hydrogen) atoms. The quantitative estimate of drug-likeness (QED) is 0.457. The Labute approximate surface area is 81.6 Å². The molecule has 0 N–H and O–H groups in total. The van der Waals surface area contributed by atoms with E-state index in [1.807, 2.05) is 6.20 Å². The second kappa shape index (κ2) is 4.56. The number of amidine groups is 1. The van der Waals surface area contributed by atoms with Crippen molar-refractivity contribution in [2.75, 3.05) is 13.6 Å². The summed E-state index contributed by atoms with van der Waals surface area (Å²) in [5, 5.41) is 0. The van der Waals surface area contributed by atoms with Crippen LogP contribution in [0, 0.1) is 0 Å². The molecule has 2 nitrogen and oxygen atoms in total. The van der Waals surface area contributed by atoms with Crippen molar-refractivity contribution in [3.8, 4) is 0 Å². The molecule has 0 fully saturated rings. The van der Waals surface area contributed by atoms with E-state index in [0.717, 1.165) is 4.48 Å². The molecule has 0 saturated heterocycles. The van der Waals surface area contributed by atoms with E-state index in [2.05, 4.69) is 32.1 Å². The van der Waals surface area contributed by atoms with E-state index in [-0.39, 0.29) is 0 Å². The maximum atomic E-state index is 4.30. The maximum Gasteiger partial charge on any atom is 0.204 e. The fraction of sp³-hybridized carbons (Fsp3) is 0.727. The number of unbranched alkanes of at least 4 members (excludes halogenated alkanes) is 3. The fourth-order valence-electron chi connectivity index (χ4n) is 1.63. The Kier molecular flexibility index (Phi) is 3.67. The van der Waals surface area contributed by atoms with E-state index in [1.165, 1.54) is 38.1 Å². The Balaban J connectivity index is 2.28. The van der Waals surface area contributed by atoms with Crippen LogP contribution in [-0.2, 0) is 0 Å². The molecule has 2 heteroatoms.